The standard InChI is InChI=1S/C13H7F3N2O5S2/c1-6-10(12(19)20)24-11(18-6)7-2-3-9(8(4-7)5-17)23-25(21,22)13(14,15)16/h2-4H,1H3,(H,19,20). The Hall–Kier alpha value is -2.65. The second kappa shape index (κ2) is 6.34. The van der Waals surface area contributed by atoms with Crippen molar-refractivity contribution >= 4 is 27.4 Å². The van der Waals surface area contributed by atoms with Gasteiger partial charge < -0.3 is 9.29 Å². The van der Waals surface area contributed by atoms with Gasteiger partial charge >= 0.3 is 21.6 Å². The van der Waals surface area contributed by atoms with E-state index in [1.165, 1.54) is 19.1 Å². The van der Waals surface area contributed by atoms with Crippen molar-refractivity contribution in [1.82, 2.24) is 4.98 Å². The lowest BCUT2D eigenvalue weighted by Gasteiger charge is -2.10. The molecule has 0 aliphatic heterocycles. The molecule has 2 rings (SSSR count). The predicted octanol–water partition coefficient (Wildman–Crippen LogP) is 2.92. The van der Waals surface area contributed by atoms with Crippen LogP contribution >= 0.6 is 11.3 Å². The Morgan fingerprint density at radius 3 is 2.52 bits per heavy atom. The monoisotopic (exact) mass is 392 g/mol. The van der Waals surface area contributed by atoms with E-state index >= 15 is 0 Å². The number of carbonyl (C=O) groups is 1. The summed E-state index contributed by atoms with van der Waals surface area (Å²) in [7, 11) is -5.92. The highest BCUT2D eigenvalue weighted by molar-refractivity contribution is 7.88. The number of aromatic nitrogens is 1. The topological polar surface area (TPSA) is 117 Å². The molecular formula is C13H7F3N2O5S2. The maximum atomic E-state index is 12.4. The van der Waals surface area contributed by atoms with Crippen LogP contribution in [-0.4, -0.2) is 30.0 Å². The summed E-state index contributed by atoms with van der Waals surface area (Å²) in [4.78, 5) is 15.0. The summed E-state index contributed by atoms with van der Waals surface area (Å²) < 4.78 is 63.1. The lowest BCUT2D eigenvalue weighted by atomic mass is 10.1. The maximum Gasteiger partial charge on any atom is 0.534 e. The molecule has 1 N–H and O–H groups in total. The highest BCUT2D eigenvalue weighted by Gasteiger charge is 2.48. The van der Waals surface area contributed by atoms with Crippen molar-refractivity contribution in [3.8, 4) is 22.4 Å². The van der Waals surface area contributed by atoms with E-state index in [1.54, 1.807) is 0 Å². The average molecular weight is 392 g/mol. The van der Waals surface area contributed by atoms with Crippen LogP contribution in [0.15, 0.2) is 18.2 Å². The highest BCUT2D eigenvalue weighted by atomic mass is 32.2. The van der Waals surface area contributed by atoms with E-state index in [-0.39, 0.29) is 21.1 Å². The summed E-state index contributed by atoms with van der Waals surface area (Å²) in [5.41, 5.74) is -5.66. The lowest BCUT2D eigenvalue weighted by Crippen LogP contribution is -2.28. The number of nitrogens with zero attached hydrogens (tertiary/aromatic N) is 2. The number of carboxylic acid groups (broad SMARTS) is 1. The van der Waals surface area contributed by atoms with E-state index in [2.05, 4.69) is 9.17 Å². The molecule has 1 aromatic carbocycles. The largest absolute Gasteiger partial charge is 0.534 e. The van der Waals surface area contributed by atoms with Crippen molar-refractivity contribution in [1.29, 1.82) is 5.26 Å². The van der Waals surface area contributed by atoms with Gasteiger partial charge in [-0.25, -0.2) is 9.78 Å². The van der Waals surface area contributed by atoms with Crippen molar-refractivity contribution in [2.75, 3.05) is 0 Å². The molecule has 0 saturated heterocycles. The van der Waals surface area contributed by atoms with Gasteiger partial charge in [-0.1, -0.05) is 0 Å². The molecule has 0 atom stereocenters. The minimum absolute atomic E-state index is 0.0338. The molecule has 1 heterocycles. The predicted molar refractivity (Wildman–Crippen MR) is 79.6 cm³/mol. The van der Waals surface area contributed by atoms with Crippen molar-refractivity contribution in [2.45, 2.75) is 12.4 Å². The first kappa shape index (κ1) is 18.7. The van der Waals surface area contributed by atoms with Crippen LogP contribution in [0.25, 0.3) is 10.6 Å². The van der Waals surface area contributed by atoms with Crippen molar-refractivity contribution in [3.05, 3.63) is 34.3 Å². The van der Waals surface area contributed by atoms with Gasteiger partial charge in [0.2, 0.25) is 0 Å². The van der Waals surface area contributed by atoms with Gasteiger partial charge in [0.15, 0.2) is 5.75 Å². The van der Waals surface area contributed by atoms with Gasteiger partial charge in [0.25, 0.3) is 0 Å². The van der Waals surface area contributed by atoms with Gasteiger partial charge in [-0.3, -0.25) is 0 Å². The lowest BCUT2D eigenvalue weighted by molar-refractivity contribution is -0.0500. The van der Waals surface area contributed by atoms with Crippen LogP contribution in [0.1, 0.15) is 20.9 Å². The average Bonchev–Trinajstić information content (AvgIpc) is 2.88. The van der Waals surface area contributed by atoms with Gasteiger partial charge in [0, 0.05) is 5.56 Å². The minimum Gasteiger partial charge on any atom is -0.477 e. The van der Waals surface area contributed by atoms with Crippen LogP contribution in [0.2, 0.25) is 0 Å². The number of benzene rings is 1. The van der Waals surface area contributed by atoms with Crippen molar-refractivity contribution in [2.24, 2.45) is 0 Å². The molecule has 12 heteroatoms. The van der Waals surface area contributed by atoms with Crippen molar-refractivity contribution < 1.29 is 35.7 Å². The number of hydrogen-bond donors (Lipinski definition) is 1. The number of thiazole rings is 1. The summed E-state index contributed by atoms with van der Waals surface area (Å²) in [6.45, 7) is 1.46. The third-order valence-corrected chi connectivity index (χ3v) is 4.98. The van der Waals surface area contributed by atoms with Crippen LogP contribution in [-0.2, 0) is 10.1 Å². The number of aryl methyl sites for hydroxylation is 1. The number of rotatable bonds is 4. The SMILES string of the molecule is Cc1nc(-c2ccc(OS(=O)(=O)C(F)(F)F)c(C#N)c2)sc1C(=O)O. The van der Waals surface area contributed by atoms with Gasteiger partial charge in [-0.05, 0) is 25.1 Å². The van der Waals surface area contributed by atoms with Gasteiger partial charge in [0.05, 0.1) is 11.3 Å². The number of alkyl halides is 3. The second-order valence-electron chi connectivity index (χ2n) is 4.54. The Balaban J connectivity index is 2.46. The van der Waals surface area contributed by atoms with Crippen LogP contribution in [0.4, 0.5) is 13.2 Å². The number of nitriles is 1. The molecule has 1 aromatic heterocycles. The molecule has 0 saturated carbocycles. The summed E-state index contributed by atoms with van der Waals surface area (Å²) >= 11 is 0.804. The number of halogens is 3. The third kappa shape index (κ3) is 3.72. The van der Waals surface area contributed by atoms with Gasteiger partial charge in [0.1, 0.15) is 16.0 Å². The molecule has 132 valence electrons. The second-order valence-corrected chi connectivity index (χ2v) is 7.08. The molecule has 0 spiro atoms. The number of hydrogen-bond acceptors (Lipinski definition) is 7. The van der Waals surface area contributed by atoms with Gasteiger partial charge in [-0.15, -0.1) is 11.3 Å². The first-order valence-electron chi connectivity index (χ1n) is 6.22. The summed E-state index contributed by atoms with van der Waals surface area (Å²) in [5.74, 6) is -1.99. The fourth-order valence-corrected chi connectivity index (χ4v) is 3.08. The molecule has 0 bridgehead atoms. The molecule has 0 radical (unpaired) electrons. The maximum absolute atomic E-state index is 12.4. The van der Waals surface area contributed by atoms with Gasteiger partial charge in [-0.2, -0.15) is 26.9 Å². The van der Waals surface area contributed by atoms with Crippen LogP contribution in [0.3, 0.4) is 0 Å². The highest BCUT2D eigenvalue weighted by Crippen LogP contribution is 2.33. The molecule has 25 heavy (non-hydrogen) atoms. The fourth-order valence-electron chi connectivity index (χ4n) is 1.71. The zero-order chi connectivity index (χ0) is 19.0. The molecule has 0 aliphatic rings. The molecule has 0 amide bonds. The normalized spacial score (nSPS) is 11.8. The first-order chi connectivity index (χ1) is 11.5. The molecule has 0 fully saturated rings. The zero-order valence-corrected chi connectivity index (χ0v) is 13.8. The van der Waals surface area contributed by atoms with E-state index in [9.17, 15) is 26.4 Å². The first-order valence-corrected chi connectivity index (χ1v) is 8.44. The molecule has 0 unspecified atom stereocenters. The Bertz CT molecular complexity index is 990. The van der Waals surface area contributed by atoms with Crippen LogP contribution < -0.4 is 4.18 Å². The third-order valence-electron chi connectivity index (χ3n) is 2.82. The quantitative estimate of drug-likeness (QED) is 0.628. The molecular weight excluding hydrogens is 385 g/mol. The molecule has 7 nitrogen and oxygen atoms in total. The van der Waals surface area contributed by atoms with Crippen LogP contribution in [0.5, 0.6) is 5.75 Å². The summed E-state index contributed by atoms with van der Waals surface area (Å²) in [6, 6.07) is 4.63. The summed E-state index contributed by atoms with van der Waals surface area (Å²) in [6.07, 6.45) is 0. The van der Waals surface area contributed by atoms with E-state index in [1.807, 2.05) is 0 Å². The Kier molecular flexibility index (Phi) is 4.74. The van der Waals surface area contributed by atoms with E-state index in [4.69, 9.17) is 10.4 Å². The zero-order valence-electron chi connectivity index (χ0n) is 12.2. The number of aromatic carboxylic acids is 1. The van der Waals surface area contributed by atoms with Crippen LogP contribution in [0, 0.1) is 18.3 Å². The molecule has 0 aliphatic carbocycles. The van der Waals surface area contributed by atoms with E-state index < -0.39 is 32.9 Å². The minimum atomic E-state index is -5.92. The van der Waals surface area contributed by atoms with E-state index in [0.717, 1.165) is 23.5 Å². The molecule has 2 aromatic rings. The smallest absolute Gasteiger partial charge is 0.477 e. The Morgan fingerprint density at radius 2 is 2.04 bits per heavy atom. The fraction of sp³-hybridized carbons (Fsp3) is 0.154. The van der Waals surface area contributed by atoms with Crippen molar-refractivity contribution in [3.63, 3.8) is 0 Å². The number of carboxylic acids is 1. The summed E-state index contributed by atoms with van der Waals surface area (Å²) in [5, 5.41) is 18.2. The Labute approximate surface area is 143 Å². The Morgan fingerprint density at radius 1 is 1.40 bits per heavy atom. The van der Waals surface area contributed by atoms with E-state index in [0.29, 0.717) is 0 Å².